The number of benzene rings is 1. The maximum Gasteiger partial charge on any atom is 0.321 e. The van der Waals surface area contributed by atoms with Crippen LogP contribution in [0, 0.1) is 0 Å². The number of nitrogens with one attached hydrogen (secondary N) is 1. The highest BCUT2D eigenvalue weighted by atomic mass is 16.4. The second-order valence-electron chi connectivity index (χ2n) is 3.57. The highest BCUT2D eigenvalue weighted by Gasteiger charge is 2.18. The van der Waals surface area contributed by atoms with Gasteiger partial charge in [-0.2, -0.15) is 0 Å². The molecule has 0 saturated carbocycles. The molecule has 0 aromatic heterocycles. The van der Waals surface area contributed by atoms with Crippen LogP contribution in [-0.2, 0) is 9.59 Å². The third-order valence-electron chi connectivity index (χ3n) is 1.96. The first-order valence-electron chi connectivity index (χ1n) is 5.56. The first kappa shape index (κ1) is 16.9. The third kappa shape index (κ3) is 9.57. The van der Waals surface area contributed by atoms with Crippen LogP contribution in [0.4, 0.5) is 0 Å². The van der Waals surface area contributed by atoms with Crippen molar-refractivity contribution in [2.75, 3.05) is 13.2 Å². The van der Waals surface area contributed by atoms with Crippen molar-refractivity contribution >= 4 is 11.9 Å². The van der Waals surface area contributed by atoms with Crippen LogP contribution >= 0.6 is 0 Å². The van der Waals surface area contributed by atoms with E-state index in [1.807, 2.05) is 6.07 Å². The number of aliphatic hydroxyl groups excluding tert-OH is 1. The minimum atomic E-state index is -1.15. The lowest BCUT2D eigenvalue weighted by atomic mass is 10.2. The smallest absolute Gasteiger partial charge is 0.321 e. The van der Waals surface area contributed by atoms with Crippen LogP contribution in [0.2, 0.25) is 0 Å². The molecule has 0 saturated heterocycles. The second kappa shape index (κ2) is 9.86. The van der Waals surface area contributed by atoms with E-state index in [4.69, 9.17) is 21.1 Å². The van der Waals surface area contributed by atoms with Crippen molar-refractivity contribution in [1.82, 2.24) is 5.32 Å². The van der Waals surface area contributed by atoms with Gasteiger partial charge in [0.2, 0.25) is 5.91 Å². The topological polar surface area (TPSA) is 133 Å². The fraction of sp³-hybridized carbons (Fsp3) is 0.333. The van der Waals surface area contributed by atoms with Gasteiger partial charge in [0.25, 0.3) is 0 Å². The van der Waals surface area contributed by atoms with E-state index in [0.29, 0.717) is 5.75 Å². The van der Waals surface area contributed by atoms with Crippen LogP contribution in [0.1, 0.15) is 6.42 Å². The molecule has 1 unspecified atom stereocenters. The zero-order valence-electron chi connectivity index (χ0n) is 10.3. The van der Waals surface area contributed by atoms with E-state index in [2.05, 4.69) is 5.32 Å². The largest absolute Gasteiger partial charge is 0.508 e. The van der Waals surface area contributed by atoms with Crippen LogP contribution in [0.15, 0.2) is 30.3 Å². The lowest BCUT2D eigenvalue weighted by Crippen LogP contribution is -2.41. The Morgan fingerprint density at radius 3 is 2.16 bits per heavy atom. The normalized spacial score (nSPS) is 11.0. The highest BCUT2D eigenvalue weighted by Crippen LogP contribution is 2.02. The first-order chi connectivity index (χ1) is 8.97. The van der Waals surface area contributed by atoms with Crippen molar-refractivity contribution in [2.24, 2.45) is 5.73 Å². The quantitative estimate of drug-likeness (QED) is 0.463. The zero-order valence-corrected chi connectivity index (χ0v) is 10.3. The molecule has 0 aliphatic heterocycles. The van der Waals surface area contributed by atoms with Gasteiger partial charge in [0, 0.05) is 6.54 Å². The van der Waals surface area contributed by atoms with E-state index < -0.39 is 17.9 Å². The number of rotatable bonds is 6. The maximum atomic E-state index is 10.4. The molecule has 0 aliphatic carbocycles. The minimum absolute atomic E-state index is 0.129. The van der Waals surface area contributed by atoms with Gasteiger partial charge in [-0.1, -0.05) is 18.2 Å². The monoisotopic (exact) mass is 270 g/mol. The van der Waals surface area contributed by atoms with E-state index in [1.165, 1.54) is 0 Å². The number of phenolic OH excluding ortho intramolecular Hbond substituents is 1. The molecule has 7 nitrogen and oxygen atoms in total. The van der Waals surface area contributed by atoms with Gasteiger partial charge in [0.15, 0.2) is 0 Å². The Morgan fingerprint density at radius 1 is 1.26 bits per heavy atom. The molecule has 0 bridgehead atoms. The Labute approximate surface area is 110 Å². The molecule has 6 N–H and O–H groups in total. The van der Waals surface area contributed by atoms with Gasteiger partial charge in [0.1, 0.15) is 11.8 Å². The molecule has 0 spiro atoms. The summed E-state index contributed by atoms with van der Waals surface area (Å²) in [6.45, 7) is -0.0488. The molecule has 7 heteroatoms. The van der Waals surface area contributed by atoms with E-state index in [9.17, 15) is 9.59 Å². The number of phenols is 1. The van der Waals surface area contributed by atoms with Gasteiger partial charge in [-0.15, -0.1) is 0 Å². The van der Waals surface area contributed by atoms with Crippen LogP contribution in [0.5, 0.6) is 5.75 Å². The number of amides is 1. The number of carboxylic acid groups (broad SMARTS) is 1. The predicted octanol–water partition coefficient (Wildman–Crippen LogP) is -0.711. The number of carbonyl (C=O) groups excluding carboxylic acids is 1. The average Bonchev–Trinajstić information content (AvgIpc) is 2.35. The van der Waals surface area contributed by atoms with Crippen molar-refractivity contribution in [3.8, 4) is 5.75 Å². The van der Waals surface area contributed by atoms with Crippen LogP contribution in [0.25, 0.3) is 0 Å². The lowest BCUT2D eigenvalue weighted by molar-refractivity contribution is -0.141. The fourth-order valence-corrected chi connectivity index (χ4v) is 1.11. The summed E-state index contributed by atoms with van der Waals surface area (Å²) in [4.78, 5) is 20.7. The maximum absolute atomic E-state index is 10.4. The molecular weight excluding hydrogens is 252 g/mol. The molecule has 19 heavy (non-hydrogen) atoms. The number of hydrogen-bond acceptors (Lipinski definition) is 5. The number of hydrogen-bond donors (Lipinski definition) is 5. The molecule has 0 fully saturated rings. The van der Waals surface area contributed by atoms with E-state index >= 15 is 0 Å². The van der Waals surface area contributed by atoms with Crippen molar-refractivity contribution in [3.63, 3.8) is 0 Å². The Bertz CT molecular complexity index is 383. The predicted molar refractivity (Wildman–Crippen MR) is 68.4 cm³/mol. The van der Waals surface area contributed by atoms with E-state index in [-0.39, 0.29) is 19.6 Å². The summed E-state index contributed by atoms with van der Waals surface area (Å²) in [5.41, 5.74) is 4.80. The Balaban J connectivity index is 0.000000388. The standard InChI is InChI=1S/C6H12N2O4.C6H6O/c7-5(10)3-4(6(11)12)8-1-2-9;7-6-4-2-1-3-5-6/h4,8-9H,1-3H2,(H2,7,10)(H,11,12);1-5,7H. The summed E-state index contributed by atoms with van der Waals surface area (Å²) in [6, 6.07) is 7.71. The van der Waals surface area contributed by atoms with Gasteiger partial charge in [0.05, 0.1) is 13.0 Å². The molecule has 1 amide bonds. The number of aromatic hydroxyl groups is 1. The summed E-state index contributed by atoms with van der Waals surface area (Å²) < 4.78 is 0. The third-order valence-corrected chi connectivity index (χ3v) is 1.96. The number of carbonyl (C=O) groups is 2. The lowest BCUT2D eigenvalue weighted by Gasteiger charge is -2.10. The molecular formula is C12H18N2O5. The van der Waals surface area contributed by atoms with Crippen molar-refractivity contribution in [1.29, 1.82) is 0 Å². The second-order valence-corrected chi connectivity index (χ2v) is 3.57. The summed E-state index contributed by atoms with van der Waals surface area (Å²) in [5, 5.41) is 27.9. The molecule has 0 heterocycles. The van der Waals surface area contributed by atoms with Crippen LogP contribution in [-0.4, -0.2) is 46.4 Å². The number of nitrogens with two attached hydrogens (primary N) is 1. The first-order valence-corrected chi connectivity index (χ1v) is 5.56. The van der Waals surface area contributed by atoms with Crippen molar-refractivity contribution in [2.45, 2.75) is 12.5 Å². The Morgan fingerprint density at radius 2 is 1.84 bits per heavy atom. The summed E-state index contributed by atoms with van der Waals surface area (Å²) in [5.74, 6) is -1.52. The Kier molecular flexibility index (Phi) is 8.76. The Hall–Kier alpha value is -2.12. The van der Waals surface area contributed by atoms with Crippen molar-refractivity contribution in [3.05, 3.63) is 30.3 Å². The highest BCUT2D eigenvalue weighted by molar-refractivity contribution is 5.83. The molecule has 1 rings (SSSR count). The fourth-order valence-electron chi connectivity index (χ4n) is 1.11. The van der Waals surface area contributed by atoms with E-state index in [1.54, 1.807) is 24.3 Å². The van der Waals surface area contributed by atoms with Gasteiger partial charge in [-0.25, -0.2) is 0 Å². The molecule has 0 radical (unpaired) electrons. The molecule has 106 valence electrons. The van der Waals surface area contributed by atoms with Gasteiger partial charge in [-0.3, -0.25) is 9.59 Å². The minimum Gasteiger partial charge on any atom is -0.508 e. The average molecular weight is 270 g/mol. The molecule has 1 atom stereocenters. The van der Waals surface area contributed by atoms with Crippen LogP contribution in [0.3, 0.4) is 0 Å². The number of para-hydroxylation sites is 1. The van der Waals surface area contributed by atoms with Crippen molar-refractivity contribution < 1.29 is 24.9 Å². The molecule has 0 aliphatic rings. The molecule has 1 aromatic rings. The van der Waals surface area contributed by atoms with Gasteiger partial charge >= 0.3 is 5.97 Å². The number of carboxylic acids is 1. The summed E-state index contributed by atoms with van der Waals surface area (Å²) in [7, 11) is 0. The summed E-state index contributed by atoms with van der Waals surface area (Å²) >= 11 is 0. The summed E-state index contributed by atoms with van der Waals surface area (Å²) in [6.07, 6.45) is -0.269. The number of primary amides is 1. The molecule has 1 aromatic carbocycles. The van der Waals surface area contributed by atoms with Gasteiger partial charge < -0.3 is 26.4 Å². The number of aliphatic hydroxyl groups is 1. The van der Waals surface area contributed by atoms with Gasteiger partial charge in [-0.05, 0) is 12.1 Å². The van der Waals surface area contributed by atoms with Crippen LogP contribution < -0.4 is 11.1 Å². The van der Waals surface area contributed by atoms with E-state index in [0.717, 1.165) is 0 Å². The zero-order chi connectivity index (χ0) is 14.7. The SMILES string of the molecule is NC(=O)CC(NCCO)C(=O)O.Oc1ccccc1. The number of aliphatic carboxylic acids is 1.